The van der Waals surface area contributed by atoms with Gasteiger partial charge in [-0.15, -0.1) is 121 Å². The maximum atomic E-state index is 12.0. The molecule has 0 saturated carbocycles. The van der Waals surface area contributed by atoms with Crippen LogP contribution in [-0.2, 0) is 82.0 Å². The van der Waals surface area contributed by atoms with Crippen molar-refractivity contribution in [2.45, 2.75) is 365 Å². The number of piperazine rings is 1. The van der Waals surface area contributed by atoms with Gasteiger partial charge in [-0.3, -0.25) is 28.9 Å². The molecule has 3 amide bonds. The molecule has 0 N–H and O–H groups in total. The first-order valence-corrected chi connectivity index (χ1v) is 47.8. The topological polar surface area (TPSA) is 727 Å². The summed E-state index contributed by atoms with van der Waals surface area (Å²) in [6.07, 6.45) is 17.3. The molecule has 57 heteroatoms. The molecule has 3 fully saturated rings. The second kappa shape index (κ2) is 79.5. The molecule has 0 radical (unpaired) electrons. The fourth-order valence-corrected chi connectivity index (χ4v) is 12.6. The van der Waals surface area contributed by atoms with E-state index >= 15 is 0 Å². The molecular formula is C87H170N16O41. The average Bonchev–Trinajstić information content (AvgIpc) is 0.894. The summed E-state index contributed by atoms with van der Waals surface area (Å²) in [5.74, 6) is 0.131. The van der Waals surface area contributed by atoms with Crippen molar-refractivity contribution in [3.8, 4) is 0 Å². The number of ketones is 2. The highest BCUT2D eigenvalue weighted by Crippen LogP contribution is 2.29. The fraction of sp³-hybridized carbons (Fsp3) is 0.943. The zero-order valence-corrected chi connectivity index (χ0v) is 89.8. The monoisotopic (exact) mass is 2100 g/mol. The molecule has 0 bridgehead atoms. The molecule has 0 spiro atoms. The molecule has 844 valence electrons. The molecule has 3 saturated heterocycles. The van der Waals surface area contributed by atoms with Crippen molar-refractivity contribution < 1.29 is 143 Å². The van der Waals surface area contributed by atoms with Gasteiger partial charge < -0.3 is 72.8 Å². The van der Waals surface area contributed by atoms with E-state index in [4.69, 9.17) is 0 Å². The van der Waals surface area contributed by atoms with Gasteiger partial charge in [0, 0.05) is 97.4 Å². The smallest absolute Gasteiger partial charge is 0.294 e. The summed E-state index contributed by atoms with van der Waals surface area (Å²) in [5, 5.41) is 108. The Morgan fingerprint density at radius 2 is 0.597 bits per heavy atom. The van der Waals surface area contributed by atoms with E-state index in [0.29, 0.717) is 107 Å². The van der Waals surface area contributed by atoms with Gasteiger partial charge in [0.1, 0.15) is 50.5 Å². The van der Waals surface area contributed by atoms with E-state index in [0.717, 1.165) is 84.2 Å². The lowest BCUT2D eigenvalue weighted by molar-refractivity contribution is -0.790. The van der Waals surface area contributed by atoms with E-state index in [9.17, 15) is 145 Å². The summed E-state index contributed by atoms with van der Waals surface area (Å²) < 4.78 is 0. The quantitative estimate of drug-likeness (QED) is 0.0310. The lowest BCUT2D eigenvalue weighted by atomic mass is 9.86. The Hall–Kier alpha value is -11.9. The van der Waals surface area contributed by atoms with E-state index in [1.165, 1.54) is 38.5 Å². The number of hydrogen-bond acceptors (Lipinski definition) is 42. The second-order valence-electron chi connectivity index (χ2n) is 43.4. The Bertz CT molecular complexity index is 3590. The van der Waals surface area contributed by atoms with Crippen LogP contribution in [-0.4, -0.2) is 247 Å². The molecule has 0 aliphatic carbocycles. The first-order valence-electron chi connectivity index (χ1n) is 47.8. The molecule has 57 nitrogen and oxygen atoms in total. The molecule has 4 unspecified atom stereocenters. The van der Waals surface area contributed by atoms with Crippen LogP contribution in [0.25, 0.3) is 0 Å². The SMILES string of the molecule is CC(C)(C)CC(=O)CC(CCO[N+](=O)[O-])CO[N+](=O)[O-].CC(C)(C)CC(=O)N1CCCCC1.CC(C)(C)CC(=O)N1CCCCC1.CC(C)(C)CC(=O)N1CCN(CCO[N+](=O)[O-])CC1.CC(C)(C)CC(CO[N+](=O)[O-])O[N+](=O)[O-].CC(C)(C)CCCC(CO[N+](=O)[O-])O[N+](=O)[O-].CC(C)(C)CCCCC(CO[N+](=O)[O-])O[N+](=O)[O-].CC(C)(C)CCCCCC(=O)CO[N+](=O)[O-].CCCO[N+](=O)[O-].CCO[N+](=O)[O-]. The molecule has 0 aromatic rings. The number of carbonyl (C=O) groups excluding carboxylic acids is 5. The Morgan fingerprint density at radius 3 is 0.910 bits per heavy atom. The Morgan fingerprint density at radius 1 is 0.285 bits per heavy atom. The molecule has 4 atom stereocenters. The van der Waals surface area contributed by atoms with Crippen molar-refractivity contribution in [3.05, 3.63) is 121 Å². The first kappa shape index (κ1) is 145. The lowest BCUT2D eigenvalue weighted by Crippen LogP contribution is -2.50. The number of carbonyl (C=O) groups is 5. The predicted molar refractivity (Wildman–Crippen MR) is 519 cm³/mol. The van der Waals surface area contributed by atoms with Crippen molar-refractivity contribution in [2.75, 3.05) is 118 Å². The van der Waals surface area contributed by atoms with Gasteiger partial charge in [-0.1, -0.05) is 205 Å². The maximum Gasteiger partial charge on any atom is 0.294 e. The van der Waals surface area contributed by atoms with Gasteiger partial charge in [0.25, 0.3) is 61.0 Å². The van der Waals surface area contributed by atoms with Gasteiger partial charge in [-0.2, -0.15) is 0 Å². The second-order valence-corrected chi connectivity index (χ2v) is 43.4. The Labute approximate surface area is 843 Å². The molecular weight excluding hydrogens is 1930 g/mol. The number of nitrogens with zero attached hydrogens (tertiary/aromatic N) is 16. The summed E-state index contributed by atoms with van der Waals surface area (Å²) in [5.41, 5.74) is 0.513. The first-order chi connectivity index (χ1) is 65.8. The summed E-state index contributed by atoms with van der Waals surface area (Å²) >= 11 is 0. The largest absolute Gasteiger partial charge is 0.343 e. The zero-order chi connectivity index (χ0) is 113. The van der Waals surface area contributed by atoms with Gasteiger partial charge in [0.05, 0.1) is 26.4 Å². The summed E-state index contributed by atoms with van der Waals surface area (Å²) in [4.78, 5) is 235. The third-order valence-corrected chi connectivity index (χ3v) is 18.8. The summed E-state index contributed by atoms with van der Waals surface area (Å²) in [6, 6.07) is 0. The summed E-state index contributed by atoms with van der Waals surface area (Å²) in [7, 11) is 0. The van der Waals surface area contributed by atoms with Gasteiger partial charge >= 0.3 is 0 Å². The third kappa shape index (κ3) is 119. The number of likely N-dealkylation sites (tertiary alicyclic amines) is 2. The standard InChI is InChI=1S/C12H23N3O4.C11H20N2O7.C11H21NO4.2C11H21NO.C10H20N2O6.C9H18N2O6.C7H14N2O6.C3H7NO3.C2H5NO3/c1-12(2,3)10-11(16)14-6-4-13(5-7-14)8-9-19-15(17)18;1-11(2,3)7-10(14)6-9(8-20-13(17)18)4-5-19-12(15)16;1-11(2,3)8-6-4-5-7-10(13)9-16-12(14)15;2*1-11(2,3)9-10(13)12-7-5-4-6-8-12;1-10(2,3)7-5-4-6-9(18-12(15)16)8-17-11(13)14;1-9(2,3)6-4-5-8(17-11(14)15)7-16-10(12)13;1-7(2,3)4-6(15-9(12)13)5-14-8(10)11;1-2-3-7-4(5)6;1-2-6-3(4)5/h4-10H2,1-3H3;9H,4-8H2,1-3H3;4-9H2,1-3H3;2*4-9H2,1-3H3;9H,4-8H2,1-3H3;8H,4-7H2,1-3H3;6H,4-5H2,1-3H3;2-3H2,1H3;2H2,1H3. The number of piperidine rings is 2. The van der Waals surface area contributed by atoms with Gasteiger partial charge in [-0.05, 0) is 152 Å². The molecule has 3 heterocycles. The van der Waals surface area contributed by atoms with E-state index in [-0.39, 0.29) is 101 Å². The number of unbranched alkanes of at least 4 members (excludes halogenated alkanes) is 3. The highest BCUT2D eigenvalue weighted by atomic mass is 17.0. The normalized spacial score (nSPS) is 13.9. The van der Waals surface area contributed by atoms with Crippen LogP contribution in [0.4, 0.5) is 0 Å². The Balaban J connectivity index is -0.000000293. The molecule has 3 aliphatic rings. The van der Waals surface area contributed by atoms with Crippen molar-refractivity contribution in [1.29, 1.82) is 0 Å². The van der Waals surface area contributed by atoms with Crippen LogP contribution in [0.3, 0.4) is 0 Å². The van der Waals surface area contributed by atoms with Gasteiger partial charge in [-0.25, -0.2) is 0 Å². The van der Waals surface area contributed by atoms with Crippen molar-refractivity contribution in [1.82, 2.24) is 19.6 Å². The van der Waals surface area contributed by atoms with Crippen molar-refractivity contribution in [3.63, 3.8) is 0 Å². The number of hydrogen-bond donors (Lipinski definition) is 0. The van der Waals surface area contributed by atoms with Crippen LogP contribution >= 0.6 is 0 Å². The van der Waals surface area contributed by atoms with E-state index in [1.807, 2.05) is 83.9 Å². The molecule has 0 aromatic heterocycles. The van der Waals surface area contributed by atoms with E-state index in [1.54, 1.807) is 6.92 Å². The minimum Gasteiger partial charge on any atom is -0.343 e. The summed E-state index contributed by atoms with van der Waals surface area (Å²) in [6.45, 7) is 58.1. The lowest BCUT2D eigenvalue weighted by Gasteiger charge is -2.35. The Kier molecular flexibility index (Phi) is 80.1. The van der Waals surface area contributed by atoms with Crippen molar-refractivity contribution >= 4 is 29.3 Å². The number of rotatable bonds is 53. The average molecular weight is 2100 g/mol. The van der Waals surface area contributed by atoms with E-state index < -0.39 is 112 Å². The van der Waals surface area contributed by atoms with Crippen molar-refractivity contribution in [2.24, 2.45) is 49.2 Å². The highest BCUT2D eigenvalue weighted by molar-refractivity contribution is 5.80. The minimum atomic E-state index is -1.00. The van der Waals surface area contributed by atoms with Gasteiger partial charge in [0.2, 0.25) is 17.7 Å². The molecule has 0 aromatic carbocycles. The van der Waals surface area contributed by atoms with Crippen LogP contribution in [0.2, 0.25) is 0 Å². The van der Waals surface area contributed by atoms with Crippen LogP contribution in [0.5, 0.6) is 0 Å². The van der Waals surface area contributed by atoms with Crippen LogP contribution in [0, 0.1) is 171 Å². The van der Waals surface area contributed by atoms with E-state index in [2.05, 4.69) is 167 Å². The third-order valence-electron chi connectivity index (χ3n) is 18.8. The number of amides is 3. The maximum absolute atomic E-state index is 12.0. The molecule has 3 aliphatic heterocycles. The highest BCUT2D eigenvalue weighted by Gasteiger charge is 2.30. The van der Waals surface area contributed by atoms with Crippen LogP contribution in [0.1, 0.15) is 347 Å². The fourth-order valence-electron chi connectivity index (χ4n) is 12.6. The molecule has 144 heavy (non-hydrogen) atoms. The van der Waals surface area contributed by atoms with Gasteiger partial charge in [0.15, 0.2) is 12.4 Å². The zero-order valence-electron chi connectivity index (χ0n) is 89.8. The predicted octanol–water partition coefficient (Wildman–Crippen LogP) is 16.6. The molecule has 3 rings (SSSR count). The minimum absolute atomic E-state index is 0.00771. The number of Topliss-reactive ketones (excluding diaryl/α,β-unsaturated/α-hetero) is 2. The van der Waals surface area contributed by atoms with Crippen LogP contribution < -0.4 is 0 Å². The van der Waals surface area contributed by atoms with Crippen LogP contribution in [0.15, 0.2) is 0 Å².